The average Bonchev–Trinajstić information content (AvgIpc) is 3.14. The van der Waals surface area contributed by atoms with Gasteiger partial charge >= 0.3 is 12.0 Å². The lowest BCUT2D eigenvalue weighted by Crippen LogP contribution is -2.34. The van der Waals surface area contributed by atoms with Gasteiger partial charge in [-0.25, -0.2) is 4.79 Å². The molecule has 0 radical (unpaired) electrons. The Balaban J connectivity index is 1.29. The number of nitrogens with zero attached hydrogens (tertiary/aromatic N) is 3. The third-order valence-corrected chi connectivity index (χ3v) is 5.19. The first kappa shape index (κ1) is 19.2. The highest BCUT2D eigenvalue weighted by molar-refractivity contribution is 5.94. The Labute approximate surface area is 177 Å². The van der Waals surface area contributed by atoms with Crippen LogP contribution in [0.5, 0.6) is 6.01 Å². The zero-order valence-corrected chi connectivity index (χ0v) is 16.5. The molecule has 3 atom stereocenters. The number of fused-ring (bicyclic) bond motifs is 4. The maximum Gasteiger partial charge on any atom is 0.338 e. The molecule has 31 heavy (non-hydrogen) atoms. The molecule has 8 nitrogen and oxygen atoms in total. The van der Waals surface area contributed by atoms with E-state index in [-0.39, 0.29) is 30.3 Å². The summed E-state index contributed by atoms with van der Waals surface area (Å²) in [5.41, 5.74) is 1.23. The number of esters is 1. The number of rotatable bonds is 4. The quantitative estimate of drug-likeness (QED) is 0.606. The molecule has 5 rings (SSSR count). The summed E-state index contributed by atoms with van der Waals surface area (Å²) < 4.78 is 19.1. The van der Waals surface area contributed by atoms with Gasteiger partial charge < -0.3 is 14.2 Å². The van der Waals surface area contributed by atoms with Crippen LogP contribution in [0.15, 0.2) is 77.9 Å². The molecule has 0 unspecified atom stereocenters. The van der Waals surface area contributed by atoms with E-state index in [1.54, 1.807) is 65.4 Å². The minimum Gasteiger partial charge on any atom is -0.459 e. The molecule has 2 bridgehead atoms. The van der Waals surface area contributed by atoms with E-state index < -0.39 is 12.1 Å². The summed E-state index contributed by atoms with van der Waals surface area (Å²) in [6.45, 7) is 0.0766. The van der Waals surface area contributed by atoms with Gasteiger partial charge in [0.25, 0.3) is 5.91 Å². The normalized spacial score (nSPS) is 21.8. The Morgan fingerprint density at radius 2 is 1.74 bits per heavy atom. The van der Waals surface area contributed by atoms with E-state index in [2.05, 4.69) is 9.98 Å². The molecular weight excluding hydrogens is 398 g/mol. The van der Waals surface area contributed by atoms with Crippen LogP contribution >= 0.6 is 0 Å². The predicted octanol–water partition coefficient (Wildman–Crippen LogP) is 2.53. The van der Waals surface area contributed by atoms with Crippen molar-refractivity contribution in [2.45, 2.75) is 24.9 Å². The molecule has 0 N–H and O–H groups in total. The van der Waals surface area contributed by atoms with Crippen LogP contribution in [-0.4, -0.2) is 40.2 Å². The van der Waals surface area contributed by atoms with E-state index in [0.29, 0.717) is 23.6 Å². The van der Waals surface area contributed by atoms with Crippen molar-refractivity contribution in [3.05, 3.63) is 89.5 Å². The van der Waals surface area contributed by atoms with Crippen LogP contribution in [0.25, 0.3) is 0 Å². The van der Waals surface area contributed by atoms with Crippen molar-refractivity contribution in [1.29, 1.82) is 0 Å². The molecule has 3 heterocycles. The largest absolute Gasteiger partial charge is 0.459 e. The third kappa shape index (κ3) is 3.97. The molecule has 2 aromatic carbocycles. The fourth-order valence-electron chi connectivity index (χ4n) is 3.62. The van der Waals surface area contributed by atoms with Gasteiger partial charge in [0.15, 0.2) is 5.49 Å². The molecule has 3 aromatic rings. The van der Waals surface area contributed by atoms with E-state index in [0.717, 1.165) is 0 Å². The molecule has 0 spiro atoms. The Morgan fingerprint density at radius 3 is 2.48 bits per heavy atom. The number of aromatic nitrogens is 2. The Morgan fingerprint density at radius 1 is 1.03 bits per heavy atom. The summed E-state index contributed by atoms with van der Waals surface area (Å²) in [4.78, 5) is 32.9. The molecule has 8 heteroatoms. The van der Waals surface area contributed by atoms with Crippen molar-refractivity contribution < 1.29 is 23.8 Å². The van der Waals surface area contributed by atoms with E-state index in [1.165, 1.54) is 0 Å². The van der Waals surface area contributed by atoms with Crippen molar-refractivity contribution in [3.63, 3.8) is 0 Å². The lowest BCUT2D eigenvalue weighted by molar-refractivity contribution is -0.0351. The summed E-state index contributed by atoms with van der Waals surface area (Å²) in [5, 5.41) is 0. The zero-order valence-electron chi connectivity index (χ0n) is 16.5. The molecule has 1 aromatic heterocycles. The lowest BCUT2D eigenvalue weighted by Gasteiger charge is -2.23. The number of hydrogen-bond donors (Lipinski definition) is 0. The maximum absolute atomic E-state index is 12.3. The summed E-state index contributed by atoms with van der Waals surface area (Å²) in [5.74, 6) is -0.784. The molecule has 1 fully saturated rings. The average molecular weight is 417 g/mol. The SMILES string of the molecule is O=C(N=c1ccn2c(n1)O[C@H]1C[C@H]2O[C@@H]1COC(=O)c1ccccc1)c1ccccc1. The van der Waals surface area contributed by atoms with Gasteiger partial charge in [0, 0.05) is 18.2 Å². The fraction of sp³-hybridized carbons (Fsp3) is 0.217. The van der Waals surface area contributed by atoms with Crippen LogP contribution in [0, 0.1) is 0 Å². The van der Waals surface area contributed by atoms with Crippen LogP contribution in [0.3, 0.4) is 0 Å². The number of carbonyl (C=O) groups is 2. The van der Waals surface area contributed by atoms with Crippen LogP contribution < -0.4 is 10.2 Å². The number of carbonyl (C=O) groups excluding carboxylic acids is 2. The standard InChI is InChI=1S/C23H19N3O5/c27-21(15-7-3-1-4-8-15)24-19-11-12-26-20-13-17(31-23(26)25-19)18(30-20)14-29-22(28)16-9-5-2-6-10-16/h1-12,17-18,20H,13-14H2/t17-,18+,20+/m0/s1. The van der Waals surface area contributed by atoms with E-state index >= 15 is 0 Å². The van der Waals surface area contributed by atoms with Gasteiger partial charge in [-0.3, -0.25) is 9.36 Å². The smallest absolute Gasteiger partial charge is 0.338 e. The minimum absolute atomic E-state index is 0.0766. The second kappa shape index (κ2) is 8.16. The maximum atomic E-state index is 12.3. The number of amides is 1. The Kier molecular flexibility index (Phi) is 5.05. The van der Waals surface area contributed by atoms with E-state index in [9.17, 15) is 9.59 Å². The van der Waals surface area contributed by atoms with Crippen molar-refractivity contribution >= 4 is 11.9 Å². The molecule has 1 amide bonds. The molecular formula is C23H19N3O5. The molecule has 156 valence electrons. The summed E-state index contributed by atoms with van der Waals surface area (Å²) in [7, 11) is 0. The second-order valence-corrected chi connectivity index (χ2v) is 7.24. The number of benzene rings is 2. The topological polar surface area (TPSA) is 92.0 Å². The predicted molar refractivity (Wildman–Crippen MR) is 108 cm³/mol. The summed E-state index contributed by atoms with van der Waals surface area (Å²) >= 11 is 0. The highest BCUT2D eigenvalue weighted by atomic mass is 16.6. The van der Waals surface area contributed by atoms with Gasteiger partial charge in [0.1, 0.15) is 25.0 Å². The van der Waals surface area contributed by atoms with Crippen LogP contribution in [-0.2, 0) is 9.47 Å². The molecule has 2 aliphatic heterocycles. The number of hydrogen-bond acceptors (Lipinski definition) is 6. The zero-order chi connectivity index (χ0) is 21.2. The van der Waals surface area contributed by atoms with Gasteiger partial charge in [-0.15, -0.1) is 0 Å². The van der Waals surface area contributed by atoms with Crippen molar-refractivity contribution in [2.24, 2.45) is 4.99 Å². The first-order valence-electron chi connectivity index (χ1n) is 9.95. The molecule has 1 saturated heterocycles. The Bertz CT molecular complexity index is 1180. The lowest BCUT2D eigenvalue weighted by atomic mass is 10.1. The highest BCUT2D eigenvalue weighted by Crippen LogP contribution is 2.37. The van der Waals surface area contributed by atoms with Crippen LogP contribution in [0.1, 0.15) is 33.4 Å². The third-order valence-electron chi connectivity index (χ3n) is 5.19. The first-order chi connectivity index (χ1) is 15.2. The van der Waals surface area contributed by atoms with E-state index in [4.69, 9.17) is 14.2 Å². The van der Waals surface area contributed by atoms with Crippen LogP contribution in [0.2, 0.25) is 0 Å². The first-order valence-corrected chi connectivity index (χ1v) is 9.95. The monoisotopic (exact) mass is 417 g/mol. The Hall–Kier alpha value is -3.78. The van der Waals surface area contributed by atoms with Gasteiger partial charge in [-0.05, 0) is 30.3 Å². The summed E-state index contributed by atoms with van der Waals surface area (Å²) in [6, 6.07) is 19.5. The van der Waals surface area contributed by atoms with Crippen molar-refractivity contribution in [2.75, 3.05) is 6.61 Å². The van der Waals surface area contributed by atoms with Gasteiger partial charge in [-0.2, -0.15) is 9.98 Å². The minimum atomic E-state index is -0.411. The highest BCUT2D eigenvalue weighted by Gasteiger charge is 2.43. The summed E-state index contributed by atoms with van der Waals surface area (Å²) in [6.07, 6.45) is 1.36. The van der Waals surface area contributed by atoms with Crippen LogP contribution in [0.4, 0.5) is 0 Å². The fourth-order valence-corrected chi connectivity index (χ4v) is 3.62. The van der Waals surface area contributed by atoms with E-state index in [1.807, 2.05) is 12.1 Å². The molecule has 2 aliphatic rings. The van der Waals surface area contributed by atoms with Crippen molar-refractivity contribution in [1.82, 2.24) is 9.55 Å². The second-order valence-electron chi connectivity index (χ2n) is 7.24. The van der Waals surface area contributed by atoms with Crippen molar-refractivity contribution in [3.8, 4) is 6.01 Å². The van der Waals surface area contributed by atoms with Gasteiger partial charge in [0.05, 0.1) is 5.56 Å². The molecule has 0 saturated carbocycles. The molecule has 0 aliphatic carbocycles. The van der Waals surface area contributed by atoms with Gasteiger partial charge in [0.2, 0.25) is 0 Å². The van der Waals surface area contributed by atoms with Gasteiger partial charge in [-0.1, -0.05) is 36.4 Å². The number of ether oxygens (including phenoxy) is 3.